The Bertz CT molecular complexity index is 426. The molecule has 0 bridgehead atoms. The Labute approximate surface area is 135 Å². The Hall–Kier alpha value is -2.12. The second kappa shape index (κ2) is 10.6. The number of alkyl carbamates (subject to hydrolysis) is 1. The van der Waals surface area contributed by atoms with E-state index in [4.69, 9.17) is 4.74 Å². The summed E-state index contributed by atoms with van der Waals surface area (Å²) in [5, 5.41) is 2.30. The lowest BCUT2D eigenvalue weighted by Crippen LogP contribution is -2.35. The number of carbonyl (C=O) groups excluding carboxylic acids is 4. The number of ketones is 1. The first-order chi connectivity index (χ1) is 10.6. The Morgan fingerprint density at radius 3 is 2.00 bits per heavy atom. The largest absolute Gasteiger partial charge is 0.444 e. The topological polar surface area (TPSA) is 108 Å². The van der Waals surface area contributed by atoms with Gasteiger partial charge in [0.25, 0.3) is 0 Å². The van der Waals surface area contributed by atoms with Gasteiger partial charge in [0.05, 0.1) is 13.0 Å². The third kappa shape index (κ3) is 13.3. The molecule has 1 N–H and O–H groups in total. The molecule has 0 fully saturated rings. The monoisotopic (exact) mass is 331 g/mol. The van der Waals surface area contributed by atoms with Crippen LogP contribution in [0, 0.1) is 0 Å². The summed E-state index contributed by atoms with van der Waals surface area (Å²) in [4.78, 5) is 45.2. The Morgan fingerprint density at radius 2 is 1.48 bits per heavy atom. The summed E-state index contributed by atoms with van der Waals surface area (Å²) in [5.41, 5.74) is -0.647. The van der Waals surface area contributed by atoms with Crippen molar-refractivity contribution in [3.8, 4) is 0 Å². The van der Waals surface area contributed by atoms with Crippen LogP contribution in [0.1, 0.15) is 53.4 Å². The summed E-state index contributed by atoms with van der Waals surface area (Å²) in [7, 11) is 0. The molecular formula is C15H25NO7. The molecule has 23 heavy (non-hydrogen) atoms. The van der Waals surface area contributed by atoms with Gasteiger partial charge in [-0.25, -0.2) is 4.79 Å². The highest BCUT2D eigenvalue weighted by Crippen LogP contribution is 2.06. The molecule has 8 nitrogen and oxygen atoms in total. The molecule has 0 aromatic rings. The summed E-state index contributed by atoms with van der Waals surface area (Å²) in [5.74, 6) is -1.44. The van der Waals surface area contributed by atoms with Crippen LogP contribution >= 0.6 is 0 Å². The summed E-state index contributed by atoms with van der Waals surface area (Å²) in [6, 6.07) is 0. The van der Waals surface area contributed by atoms with Crippen LogP contribution in [0.5, 0.6) is 0 Å². The summed E-state index contributed by atoms with van der Waals surface area (Å²) in [6.07, 6.45) is -0.0352. The number of ether oxygens (including phenoxy) is 3. The lowest BCUT2D eigenvalue weighted by Gasteiger charge is -2.19. The van der Waals surface area contributed by atoms with Gasteiger partial charge in [0.15, 0.2) is 5.78 Å². The van der Waals surface area contributed by atoms with E-state index in [1.54, 1.807) is 20.8 Å². The van der Waals surface area contributed by atoms with Gasteiger partial charge in [0.2, 0.25) is 6.79 Å². The van der Waals surface area contributed by atoms with Gasteiger partial charge >= 0.3 is 18.0 Å². The number of Topliss-reactive ketones (excluding diaryl/α,β-unsaturated/α-hetero) is 1. The minimum absolute atomic E-state index is 0.0858. The van der Waals surface area contributed by atoms with Gasteiger partial charge in [-0.2, -0.15) is 0 Å². The quantitative estimate of drug-likeness (QED) is 0.506. The maximum Gasteiger partial charge on any atom is 0.408 e. The summed E-state index contributed by atoms with van der Waals surface area (Å²) >= 11 is 0. The molecule has 8 heteroatoms. The lowest BCUT2D eigenvalue weighted by molar-refractivity contribution is -0.167. The molecule has 0 aromatic carbocycles. The minimum Gasteiger partial charge on any atom is -0.444 e. The van der Waals surface area contributed by atoms with E-state index < -0.39 is 30.4 Å². The van der Waals surface area contributed by atoms with E-state index in [-0.39, 0.29) is 31.6 Å². The fraction of sp³-hybridized carbons (Fsp3) is 0.733. The molecule has 0 saturated heterocycles. The van der Waals surface area contributed by atoms with Crippen LogP contribution in [-0.4, -0.2) is 42.8 Å². The Morgan fingerprint density at radius 1 is 0.913 bits per heavy atom. The third-order valence-electron chi connectivity index (χ3n) is 2.33. The second-order valence-corrected chi connectivity index (χ2v) is 5.79. The van der Waals surface area contributed by atoms with Crippen molar-refractivity contribution in [1.29, 1.82) is 0 Å². The molecule has 0 spiro atoms. The van der Waals surface area contributed by atoms with Crippen molar-refractivity contribution in [3.63, 3.8) is 0 Å². The molecule has 0 aliphatic rings. The smallest absolute Gasteiger partial charge is 0.408 e. The standard InChI is InChI=1S/C15H25NO7/c1-5-6-12(18)21-10-22-13(19)8-7-11(17)9-16-14(20)23-15(2,3)4/h5-10H2,1-4H3,(H,16,20). The number of hydrogen-bond donors (Lipinski definition) is 1. The molecule has 132 valence electrons. The molecule has 0 atom stereocenters. The van der Waals surface area contributed by atoms with Gasteiger partial charge in [-0.3, -0.25) is 14.4 Å². The van der Waals surface area contributed by atoms with E-state index >= 15 is 0 Å². The van der Waals surface area contributed by atoms with E-state index in [0.29, 0.717) is 6.42 Å². The minimum atomic E-state index is -0.698. The zero-order chi connectivity index (χ0) is 17.9. The molecule has 0 unspecified atom stereocenters. The van der Waals surface area contributed by atoms with Gasteiger partial charge in [-0.15, -0.1) is 0 Å². The number of nitrogens with one attached hydrogen (secondary N) is 1. The van der Waals surface area contributed by atoms with Crippen molar-refractivity contribution in [1.82, 2.24) is 5.32 Å². The first-order valence-electron chi connectivity index (χ1n) is 7.44. The number of rotatable bonds is 9. The van der Waals surface area contributed by atoms with Crippen molar-refractivity contribution < 1.29 is 33.4 Å². The predicted octanol–water partition coefficient (Wildman–Crippen LogP) is 1.70. The first-order valence-corrected chi connectivity index (χ1v) is 7.44. The molecule has 0 heterocycles. The average molecular weight is 331 g/mol. The van der Waals surface area contributed by atoms with Crippen molar-refractivity contribution in [3.05, 3.63) is 0 Å². The summed E-state index contributed by atoms with van der Waals surface area (Å²) < 4.78 is 14.3. The fourth-order valence-electron chi connectivity index (χ4n) is 1.32. The van der Waals surface area contributed by atoms with Crippen LogP contribution in [0.2, 0.25) is 0 Å². The van der Waals surface area contributed by atoms with Gasteiger partial charge in [-0.05, 0) is 27.2 Å². The van der Waals surface area contributed by atoms with E-state index in [1.165, 1.54) is 0 Å². The predicted molar refractivity (Wildman–Crippen MR) is 80.4 cm³/mol. The number of hydrogen-bond acceptors (Lipinski definition) is 7. The molecule has 1 amide bonds. The lowest BCUT2D eigenvalue weighted by atomic mass is 10.2. The normalized spacial score (nSPS) is 10.6. The molecule has 0 aromatic heterocycles. The van der Waals surface area contributed by atoms with E-state index in [9.17, 15) is 19.2 Å². The average Bonchev–Trinajstić information content (AvgIpc) is 2.41. The Balaban J connectivity index is 3.78. The van der Waals surface area contributed by atoms with Gasteiger partial charge < -0.3 is 19.5 Å². The SMILES string of the molecule is CCCC(=O)OCOC(=O)CCC(=O)CNC(=O)OC(C)(C)C. The van der Waals surface area contributed by atoms with Crippen LogP contribution < -0.4 is 5.32 Å². The number of carbonyl (C=O) groups is 4. The van der Waals surface area contributed by atoms with Crippen LogP contribution in [0.4, 0.5) is 4.79 Å². The fourth-order valence-corrected chi connectivity index (χ4v) is 1.32. The van der Waals surface area contributed by atoms with Crippen molar-refractivity contribution in [2.75, 3.05) is 13.3 Å². The van der Waals surface area contributed by atoms with E-state index in [0.717, 1.165) is 0 Å². The van der Waals surface area contributed by atoms with E-state index in [1.807, 2.05) is 6.92 Å². The van der Waals surface area contributed by atoms with Crippen LogP contribution in [0.15, 0.2) is 0 Å². The van der Waals surface area contributed by atoms with Crippen molar-refractivity contribution in [2.45, 2.75) is 59.0 Å². The Kier molecular flexibility index (Phi) is 9.60. The van der Waals surface area contributed by atoms with E-state index in [2.05, 4.69) is 14.8 Å². The van der Waals surface area contributed by atoms with Crippen LogP contribution in [-0.2, 0) is 28.6 Å². The van der Waals surface area contributed by atoms with Crippen molar-refractivity contribution in [2.24, 2.45) is 0 Å². The van der Waals surface area contributed by atoms with Crippen LogP contribution in [0.25, 0.3) is 0 Å². The van der Waals surface area contributed by atoms with Gasteiger partial charge in [0, 0.05) is 12.8 Å². The highest BCUT2D eigenvalue weighted by molar-refractivity contribution is 5.86. The van der Waals surface area contributed by atoms with Crippen LogP contribution in [0.3, 0.4) is 0 Å². The van der Waals surface area contributed by atoms with Crippen molar-refractivity contribution >= 4 is 23.8 Å². The first kappa shape index (κ1) is 20.9. The summed E-state index contributed by atoms with van der Waals surface area (Å²) in [6.45, 7) is 6.26. The molecule has 0 radical (unpaired) electrons. The number of esters is 2. The highest BCUT2D eigenvalue weighted by Gasteiger charge is 2.17. The highest BCUT2D eigenvalue weighted by atomic mass is 16.7. The molecule has 0 saturated carbocycles. The molecule has 0 rings (SSSR count). The zero-order valence-corrected chi connectivity index (χ0v) is 14.1. The van der Waals surface area contributed by atoms with Gasteiger partial charge in [0.1, 0.15) is 5.60 Å². The maximum absolute atomic E-state index is 11.5. The second-order valence-electron chi connectivity index (χ2n) is 5.79. The van der Waals surface area contributed by atoms with Gasteiger partial charge in [-0.1, -0.05) is 6.92 Å². The molecular weight excluding hydrogens is 306 g/mol. The molecule has 0 aliphatic heterocycles. The third-order valence-corrected chi connectivity index (χ3v) is 2.33. The number of amides is 1. The maximum atomic E-state index is 11.5. The zero-order valence-electron chi connectivity index (χ0n) is 14.1. The molecule has 0 aliphatic carbocycles.